The number of rotatable bonds is 1. The molecule has 0 aliphatic carbocycles. The molecule has 1 aliphatic heterocycles. The molecule has 1 saturated heterocycles. The predicted octanol–water partition coefficient (Wildman–Crippen LogP) is 2.82. The number of piperidine rings is 1. The van der Waals surface area contributed by atoms with Gasteiger partial charge in [-0.05, 0) is 41.3 Å². The average Bonchev–Trinajstić information content (AvgIpc) is 3.02. The number of H-pyrrole nitrogens is 1. The highest BCUT2D eigenvalue weighted by Gasteiger charge is 2.15. The van der Waals surface area contributed by atoms with E-state index in [4.69, 9.17) is 11.0 Å². The molecule has 7 heteroatoms. The van der Waals surface area contributed by atoms with E-state index in [1.807, 2.05) is 18.3 Å². The number of anilines is 1. The summed E-state index contributed by atoms with van der Waals surface area (Å²) in [6.45, 7) is 1.70. The van der Waals surface area contributed by atoms with Crippen LogP contribution in [0.25, 0.3) is 11.0 Å². The van der Waals surface area contributed by atoms with E-state index >= 15 is 0 Å². The number of hydrogen-bond donors (Lipinski definition) is 2. The first-order valence-electron chi connectivity index (χ1n) is 7.15. The second kappa shape index (κ2) is 7.80. The van der Waals surface area contributed by atoms with E-state index in [9.17, 15) is 4.79 Å². The minimum Gasteiger partial charge on any atom is -0.397 e. The molecule has 0 spiro atoms. The van der Waals surface area contributed by atoms with E-state index in [1.165, 1.54) is 6.42 Å². The topological polar surface area (TPSA) is 98.8 Å². The molecular formula is C15H18BrN5O. The highest BCUT2D eigenvalue weighted by atomic mass is 79.9. The monoisotopic (exact) mass is 363 g/mol. The Morgan fingerprint density at radius 3 is 2.86 bits per heavy atom. The van der Waals surface area contributed by atoms with Crippen molar-refractivity contribution in [1.82, 2.24) is 14.9 Å². The quantitative estimate of drug-likeness (QED) is 0.813. The summed E-state index contributed by atoms with van der Waals surface area (Å²) in [7, 11) is 0. The molecule has 116 valence electrons. The number of carbonyl (C=O) groups is 1. The number of aromatic amines is 1. The Hall–Kier alpha value is -2.07. The van der Waals surface area contributed by atoms with Gasteiger partial charge in [-0.25, -0.2) is 4.98 Å². The molecule has 3 rings (SSSR count). The van der Waals surface area contributed by atoms with Crippen LogP contribution in [0, 0.1) is 11.3 Å². The number of aromatic nitrogens is 2. The lowest BCUT2D eigenvalue weighted by molar-refractivity contribution is -0.130. The summed E-state index contributed by atoms with van der Waals surface area (Å²) >= 11 is 3.30. The molecule has 2 aromatic heterocycles. The summed E-state index contributed by atoms with van der Waals surface area (Å²) in [4.78, 5) is 20.0. The van der Waals surface area contributed by atoms with Gasteiger partial charge >= 0.3 is 0 Å². The van der Waals surface area contributed by atoms with Crippen LogP contribution in [0.15, 0.2) is 22.9 Å². The normalized spacial score (nSPS) is 14.1. The minimum atomic E-state index is -0.00722. The predicted molar refractivity (Wildman–Crippen MR) is 88.9 cm³/mol. The standard InChI is InChI=1S/C8H12N2O.C7H6BrN3/c9-5-4-8(11)10-6-2-1-3-7-10;8-5-3-11-7-4(6(5)9)1-2-10-7/h1-4,6-7H2;1-3H,(H3,9,10,11). The number of nitrogens with zero attached hydrogens (tertiary/aromatic N) is 3. The van der Waals surface area contributed by atoms with Crippen molar-refractivity contribution in [2.75, 3.05) is 18.8 Å². The van der Waals surface area contributed by atoms with Gasteiger partial charge in [0.2, 0.25) is 5.91 Å². The number of halogens is 1. The number of likely N-dealkylation sites (tertiary alicyclic amines) is 1. The first-order valence-corrected chi connectivity index (χ1v) is 7.94. The Morgan fingerprint density at radius 2 is 2.18 bits per heavy atom. The van der Waals surface area contributed by atoms with E-state index in [2.05, 4.69) is 25.9 Å². The third-order valence-electron chi connectivity index (χ3n) is 3.52. The molecule has 3 N–H and O–H groups in total. The largest absolute Gasteiger partial charge is 0.397 e. The van der Waals surface area contributed by atoms with Gasteiger partial charge in [-0.3, -0.25) is 4.79 Å². The van der Waals surface area contributed by atoms with Gasteiger partial charge in [0.15, 0.2) is 0 Å². The molecule has 0 bridgehead atoms. The SMILES string of the molecule is N#CCC(=O)N1CCCCC1.Nc1c(Br)cnc2[nH]ccc12. The molecule has 0 saturated carbocycles. The van der Waals surface area contributed by atoms with Crippen molar-refractivity contribution >= 4 is 38.6 Å². The number of nitrogens with two attached hydrogens (primary N) is 1. The minimum absolute atomic E-state index is 0.00722. The number of fused-ring (bicyclic) bond motifs is 1. The highest BCUT2D eigenvalue weighted by molar-refractivity contribution is 9.10. The van der Waals surface area contributed by atoms with Crippen LogP contribution in [-0.4, -0.2) is 33.9 Å². The Labute approximate surface area is 137 Å². The van der Waals surface area contributed by atoms with Crippen molar-refractivity contribution in [3.8, 4) is 6.07 Å². The number of amides is 1. The van der Waals surface area contributed by atoms with Crippen LogP contribution in [0.5, 0.6) is 0 Å². The first kappa shape index (κ1) is 16.3. The fourth-order valence-electron chi connectivity index (χ4n) is 2.33. The van der Waals surface area contributed by atoms with E-state index in [0.29, 0.717) is 0 Å². The Kier molecular flexibility index (Phi) is 5.78. The van der Waals surface area contributed by atoms with Gasteiger partial charge < -0.3 is 15.6 Å². The lowest BCUT2D eigenvalue weighted by Crippen LogP contribution is -2.35. The molecule has 0 unspecified atom stereocenters. The van der Waals surface area contributed by atoms with Gasteiger partial charge in [-0.2, -0.15) is 5.26 Å². The molecular weight excluding hydrogens is 346 g/mol. The fourth-order valence-corrected chi connectivity index (χ4v) is 2.64. The van der Waals surface area contributed by atoms with E-state index < -0.39 is 0 Å². The van der Waals surface area contributed by atoms with E-state index in [0.717, 1.165) is 47.1 Å². The van der Waals surface area contributed by atoms with Crippen molar-refractivity contribution in [2.24, 2.45) is 0 Å². The maximum absolute atomic E-state index is 11.1. The maximum Gasteiger partial charge on any atom is 0.236 e. The van der Waals surface area contributed by atoms with Crippen LogP contribution in [-0.2, 0) is 4.79 Å². The zero-order valence-electron chi connectivity index (χ0n) is 12.2. The molecule has 1 aliphatic rings. The lowest BCUT2D eigenvalue weighted by Gasteiger charge is -2.25. The smallest absolute Gasteiger partial charge is 0.236 e. The van der Waals surface area contributed by atoms with E-state index in [1.54, 1.807) is 11.1 Å². The highest BCUT2D eigenvalue weighted by Crippen LogP contribution is 2.25. The molecule has 22 heavy (non-hydrogen) atoms. The van der Waals surface area contributed by atoms with Gasteiger partial charge in [0.25, 0.3) is 0 Å². The summed E-state index contributed by atoms with van der Waals surface area (Å²) in [6, 6.07) is 3.78. The summed E-state index contributed by atoms with van der Waals surface area (Å²) < 4.78 is 0.838. The van der Waals surface area contributed by atoms with Gasteiger partial charge in [0.1, 0.15) is 12.1 Å². The summed E-state index contributed by atoms with van der Waals surface area (Å²) in [6.07, 6.45) is 6.96. The number of carbonyl (C=O) groups excluding carboxylic acids is 1. The van der Waals surface area contributed by atoms with Gasteiger partial charge in [-0.1, -0.05) is 0 Å². The van der Waals surface area contributed by atoms with Crippen LogP contribution in [0.1, 0.15) is 25.7 Å². The zero-order valence-corrected chi connectivity index (χ0v) is 13.8. The van der Waals surface area contributed by atoms with Crippen LogP contribution in [0.3, 0.4) is 0 Å². The van der Waals surface area contributed by atoms with Crippen molar-refractivity contribution in [1.29, 1.82) is 5.26 Å². The molecule has 1 amide bonds. The fraction of sp³-hybridized carbons (Fsp3) is 0.400. The average molecular weight is 364 g/mol. The van der Waals surface area contributed by atoms with Crippen molar-refractivity contribution in [3.63, 3.8) is 0 Å². The van der Waals surface area contributed by atoms with Gasteiger partial charge in [-0.15, -0.1) is 0 Å². The number of hydrogen-bond acceptors (Lipinski definition) is 4. The molecule has 3 heterocycles. The lowest BCUT2D eigenvalue weighted by atomic mass is 10.1. The molecule has 1 fully saturated rings. The first-order chi connectivity index (χ1) is 10.6. The maximum atomic E-state index is 11.1. The summed E-state index contributed by atoms with van der Waals surface area (Å²) in [5.41, 5.74) is 7.31. The van der Waals surface area contributed by atoms with Crippen LogP contribution < -0.4 is 5.73 Å². The van der Waals surface area contributed by atoms with E-state index in [-0.39, 0.29) is 12.3 Å². The van der Waals surface area contributed by atoms with Gasteiger partial charge in [0, 0.05) is 30.9 Å². The summed E-state index contributed by atoms with van der Waals surface area (Å²) in [5.74, 6) is -0.00722. The number of nitrogens with one attached hydrogen (secondary N) is 1. The van der Waals surface area contributed by atoms with Crippen molar-refractivity contribution in [2.45, 2.75) is 25.7 Å². The third kappa shape index (κ3) is 3.98. The second-order valence-corrected chi connectivity index (χ2v) is 5.89. The zero-order chi connectivity index (χ0) is 15.9. The summed E-state index contributed by atoms with van der Waals surface area (Å²) in [5, 5.41) is 9.23. The Bertz CT molecular complexity index is 685. The Balaban J connectivity index is 0.000000160. The van der Waals surface area contributed by atoms with Gasteiger partial charge in [0.05, 0.1) is 16.2 Å². The van der Waals surface area contributed by atoms with Crippen molar-refractivity contribution < 1.29 is 4.79 Å². The molecule has 0 aromatic carbocycles. The second-order valence-electron chi connectivity index (χ2n) is 5.04. The molecule has 0 atom stereocenters. The number of pyridine rings is 1. The molecule has 2 aromatic rings. The third-order valence-corrected chi connectivity index (χ3v) is 4.15. The Morgan fingerprint density at radius 1 is 1.45 bits per heavy atom. The van der Waals surface area contributed by atoms with Crippen LogP contribution in [0.2, 0.25) is 0 Å². The molecule has 0 radical (unpaired) electrons. The number of nitrogen functional groups attached to an aromatic ring is 1. The number of nitriles is 1. The van der Waals surface area contributed by atoms with Crippen LogP contribution in [0.4, 0.5) is 5.69 Å². The van der Waals surface area contributed by atoms with Crippen LogP contribution >= 0.6 is 15.9 Å². The molecule has 6 nitrogen and oxygen atoms in total. The van der Waals surface area contributed by atoms with Crippen molar-refractivity contribution in [3.05, 3.63) is 22.9 Å².